The lowest BCUT2D eigenvalue weighted by molar-refractivity contribution is 0.671. The first-order chi connectivity index (χ1) is 11.1. The molecule has 0 radical (unpaired) electrons. The molecule has 1 aromatic carbocycles. The minimum atomic E-state index is -0.128. The number of thioether (sulfide) groups is 1. The molecule has 0 amide bonds. The van der Waals surface area contributed by atoms with E-state index < -0.39 is 0 Å². The Morgan fingerprint density at radius 1 is 1.39 bits per heavy atom. The van der Waals surface area contributed by atoms with Crippen molar-refractivity contribution >= 4 is 57.4 Å². The highest BCUT2D eigenvalue weighted by Crippen LogP contribution is 2.27. The van der Waals surface area contributed by atoms with E-state index in [0.29, 0.717) is 43.4 Å². The van der Waals surface area contributed by atoms with Crippen molar-refractivity contribution in [2.75, 3.05) is 0 Å². The van der Waals surface area contributed by atoms with Gasteiger partial charge in [-0.05, 0) is 18.2 Å². The van der Waals surface area contributed by atoms with Gasteiger partial charge in [0.05, 0.1) is 10.9 Å². The van der Waals surface area contributed by atoms with Gasteiger partial charge in [0.25, 0.3) is 5.56 Å². The number of hydrogen-bond acceptors (Lipinski definition) is 6. The predicted octanol–water partition coefficient (Wildman–Crippen LogP) is 4.03. The number of aromatic nitrogens is 4. The van der Waals surface area contributed by atoms with Crippen LogP contribution < -0.4 is 5.56 Å². The lowest BCUT2D eigenvalue weighted by Crippen LogP contribution is -2.22. The summed E-state index contributed by atoms with van der Waals surface area (Å²) in [6.07, 6.45) is 1.66. The van der Waals surface area contributed by atoms with Gasteiger partial charge in [-0.3, -0.25) is 9.36 Å². The smallest absolute Gasteiger partial charge is 0.262 e. The van der Waals surface area contributed by atoms with Gasteiger partial charge < -0.3 is 0 Å². The molecule has 23 heavy (non-hydrogen) atoms. The van der Waals surface area contributed by atoms with Crippen LogP contribution in [0.15, 0.2) is 40.8 Å². The maximum absolute atomic E-state index is 12.6. The molecule has 0 N–H and O–H groups in total. The molecule has 0 saturated carbocycles. The maximum Gasteiger partial charge on any atom is 0.262 e. The molecular formula is C14H10Cl2N4OS2. The van der Waals surface area contributed by atoms with E-state index in [-0.39, 0.29) is 5.56 Å². The number of benzene rings is 1. The molecule has 0 bridgehead atoms. The average Bonchev–Trinajstić information content (AvgIpc) is 2.93. The third kappa shape index (κ3) is 3.42. The van der Waals surface area contributed by atoms with Crippen LogP contribution in [0.3, 0.4) is 0 Å². The van der Waals surface area contributed by atoms with Crippen molar-refractivity contribution in [2.24, 2.45) is 0 Å². The van der Waals surface area contributed by atoms with Crippen LogP contribution in [-0.4, -0.2) is 19.1 Å². The number of halogens is 2. The maximum atomic E-state index is 12.6. The summed E-state index contributed by atoms with van der Waals surface area (Å²) in [5.74, 6) is 0.477. The Hall–Kier alpha value is -1.41. The Balaban J connectivity index is 2.06. The van der Waals surface area contributed by atoms with Gasteiger partial charge in [-0.2, -0.15) is 0 Å². The van der Waals surface area contributed by atoms with Crippen LogP contribution in [0.4, 0.5) is 0 Å². The first-order valence-corrected chi connectivity index (χ1v) is 9.02. The zero-order chi connectivity index (χ0) is 16.4. The van der Waals surface area contributed by atoms with Crippen LogP contribution in [0, 0.1) is 0 Å². The highest BCUT2D eigenvalue weighted by atomic mass is 35.5. The summed E-state index contributed by atoms with van der Waals surface area (Å²) in [5, 5.41) is 5.59. The fourth-order valence-electron chi connectivity index (χ4n) is 1.99. The Labute approximate surface area is 150 Å². The molecule has 0 aliphatic carbocycles. The molecule has 0 aliphatic rings. The summed E-state index contributed by atoms with van der Waals surface area (Å²) in [4.78, 5) is 17.2. The van der Waals surface area contributed by atoms with E-state index in [2.05, 4.69) is 21.1 Å². The highest BCUT2D eigenvalue weighted by Gasteiger charge is 2.13. The van der Waals surface area contributed by atoms with Crippen LogP contribution in [0.2, 0.25) is 9.36 Å². The Bertz CT molecular complexity index is 938. The van der Waals surface area contributed by atoms with E-state index in [1.807, 2.05) is 0 Å². The quantitative estimate of drug-likeness (QED) is 0.377. The van der Waals surface area contributed by atoms with E-state index in [1.54, 1.807) is 28.8 Å². The minimum Gasteiger partial charge on any atom is -0.283 e. The van der Waals surface area contributed by atoms with Crippen molar-refractivity contribution in [1.82, 2.24) is 19.1 Å². The number of rotatable bonds is 5. The number of nitrogens with zero attached hydrogens (tertiary/aromatic N) is 4. The summed E-state index contributed by atoms with van der Waals surface area (Å²) >= 11 is 14.5. The molecule has 0 fully saturated rings. The molecule has 3 aromatic rings. The monoisotopic (exact) mass is 384 g/mol. The predicted molar refractivity (Wildman–Crippen MR) is 95.7 cm³/mol. The van der Waals surface area contributed by atoms with E-state index >= 15 is 0 Å². The summed E-state index contributed by atoms with van der Waals surface area (Å²) in [5.41, 5.74) is 1.11. The summed E-state index contributed by atoms with van der Waals surface area (Å²) in [6, 6.07) is 5.04. The minimum absolute atomic E-state index is 0.128. The van der Waals surface area contributed by atoms with Gasteiger partial charge in [0, 0.05) is 28.9 Å². The second-order valence-corrected chi connectivity index (χ2v) is 7.28. The molecule has 118 valence electrons. The van der Waals surface area contributed by atoms with Gasteiger partial charge >= 0.3 is 0 Å². The van der Waals surface area contributed by atoms with Crippen LogP contribution in [-0.2, 0) is 12.3 Å². The SMILES string of the molecule is C=CCn1c(SCc2nnsc2Cl)nc2cc(Cl)ccc2c1=O. The second-order valence-electron chi connectivity index (χ2n) is 4.54. The number of hydrogen-bond donors (Lipinski definition) is 0. The summed E-state index contributed by atoms with van der Waals surface area (Å²) in [7, 11) is 0. The number of allylic oxidation sites excluding steroid dienone is 1. The third-order valence-corrected chi connectivity index (χ3v) is 5.25. The molecule has 2 aromatic heterocycles. The van der Waals surface area contributed by atoms with Crippen LogP contribution >= 0.6 is 46.5 Å². The molecule has 3 rings (SSSR count). The normalized spacial score (nSPS) is 11.0. The lowest BCUT2D eigenvalue weighted by atomic mass is 10.2. The molecule has 5 nitrogen and oxygen atoms in total. The van der Waals surface area contributed by atoms with E-state index in [4.69, 9.17) is 23.2 Å². The Kier molecular flexibility index (Phi) is 5.01. The largest absolute Gasteiger partial charge is 0.283 e. The molecule has 2 heterocycles. The van der Waals surface area contributed by atoms with Crippen molar-refractivity contribution in [3.8, 4) is 0 Å². The number of fused-ring (bicyclic) bond motifs is 1. The first kappa shape index (κ1) is 16.4. The molecule has 0 saturated heterocycles. The molecule has 0 atom stereocenters. The van der Waals surface area contributed by atoms with Crippen molar-refractivity contribution in [3.05, 3.63) is 56.3 Å². The fourth-order valence-corrected chi connectivity index (χ4v) is 3.90. The third-order valence-electron chi connectivity index (χ3n) is 3.04. The van der Waals surface area contributed by atoms with Crippen molar-refractivity contribution < 1.29 is 0 Å². The van der Waals surface area contributed by atoms with Crippen LogP contribution in [0.1, 0.15) is 5.69 Å². The fraction of sp³-hybridized carbons (Fsp3) is 0.143. The van der Waals surface area contributed by atoms with Gasteiger partial charge in [-0.25, -0.2) is 4.98 Å². The summed E-state index contributed by atoms with van der Waals surface area (Å²) < 4.78 is 5.91. The van der Waals surface area contributed by atoms with Gasteiger partial charge in [-0.1, -0.05) is 45.5 Å². The standard InChI is InChI=1S/C14H10Cl2N4OS2/c1-2-5-20-13(21)9-4-3-8(15)6-10(9)17-14(20)22-7-11-12(16)23-19-18-11/h2-4,6H,1,5,7H2. The van der Waals surface area contributed by atoms with E-state index in [0.717, 1.165) is 11.5 Å². The van der Waals surface area contributed by atoms with Gasteiger partial charge in [0.2, 0.25) is 0 Å². The first-order valence-electron chi connectivity index (χ1n) is 6.50. The highest BCUT2D eigenvalue weighted by molar-refractivity contribution is 7.98. The van der Waals surface area contributed by atoms with E-state index in [1.165, 1.54) is 11.8 Å². The molecule has 0 unspecified atom stereocenters. The van der Waals surface area contributed by atoms with Crippen molar-refractivity contribution in [1.29, 1.82) is 0 Å². The molecule has 0 spiro atoms. The van der Waals surface area contributed by atoms with Gasteiger partial charge in [-0.15, -0.1) is 11.7 Å². The lowest BCUT2D eigenvalue weighted by Gasteiger charge is -2.11. The van der Waals surface area contributed by atoms with E-state index in [9.17, 15) is 4.79 Å². The second kappa shape index (κ2) is 7.00. The molecular weight excluding hydrogens is 375 g/mol. The average molecular weight is 385 g/mol. The Morgan fingerprint density at radius 2 is 2.22 bits per heavy atom. The Morgan fingerprint density at radius 3 is 2.91 bits per heavy atom. The van der Waals surface area contributed by atoms with Gasteiger partial charge in [0.15, 0.2) is 5.16 Å². The zero-order valence-electron chi connectivity index (χ0n) is 11.7. The van der Waals surface area contributed by atoms with Crippen molar-refractivity contribution in [2.45, 2.75) is 17.5 Å². The topological polar surface area (TPSA) is 60.7 Å². The zero-order valence-corrected chi connectivity index (χ0v) is 14.8. The van der Waals surface area contributed by atoms with Crippen molar-refractivity contribution in [3.63, 3.8) is 0 Å². The van der Waals surface area contributed by atoms with Gasteiger partial charge in [0.1, 0.15) is 10.0 Å². The van der Waals surface area contributed by atoms with Crippen LogP contribution in [0.5, 0.6) is 0 Å². The molecule has 9 heteroatoms. The molecule has 0 aliphatic heterocycles. The van der Waals surface area contributed by atoms with Crippen LogP contribution in [0.25, 0.3) is 10.9 Å². The summed E-state index contributed by atoms with van der Waals surface area (Å²) in [6.45, 7) is 4.07.